The van der Waals surface area contributed by atoms with E-state index in [2.05, 4.69) is 214 Å². The SMILES string of the molecule is CCCCC1=NC2(CCCC2)C(=O)N1Cc1ccc(-c2ccccc2-c2nnnn2C(c2ccccc2)(c2ccccc2)c2ccccc2)cc1.CCCCC1=NC2(CCCC2)C(=O)N1Cc1ccc(Br)cc1.OB(O)c1ccccc1-c1nnnn1C(c1ccccc1)(c1ccccc1)c1ccccc1. The van der Waals surface area contributed by atoms with Crippen LogP contribution in [0.25, 0.3) is 33.9 Å². The minimum Gasteiger partial charge on any atom is -0.423 e. The van der Waals surface area contributed by atoms with Gasteiger partial charge in [-0.05, 0) is 133 Å². The third-order valence-corrected chi connectivity index (χ3v) is 21.7. The van der Waals surface area contributed by atoms with E-state index in [-0.39, 0.29) is 11.8 Å². The summed E-state index contributed by atoms with van der Waals surface area (Å²) in [6, 6.07) is 93.7. The average molecular weight is 1470 g/mol. The highest BCUT2D eigenvalue weighted by atomic mass is 79.9. The molecule has 4 aliphatic rings. The molecule has 16 nitrogen and oxygen atoms in total. The summed E-state index contributed by atoms with van der Waals surface area (Å²) < 4.78 is 4.82. The van der Waals surface area contributed by atoms with Gasteiger partial charge in [0.05, 0.1) is 13.1 Å². The zero-order valence-corrected chi connectivity index (χ0v) is 61.5. The summed E-state index contributed by atoms with van der Waals surface area (Å²) in [5, 5.41) is 46.8. The highest BCUT2D eigenvalue weighted by Crippen LogP contribution is 2.47. The molecule has 2 amide bonds. The Balaban J connectivity index is 0.000000147. The summed E-state index contributed by atoms with van der Waals surface area (Å²) in [5.74, 6) is 3.48. The van der Waals surface area contributed by atoms with Gasteiger partial charge in [-0.25, -0.2) is 9.36 Å². The van der Waals surface area contributed by atoms with Crippen LogP contribution in [-0.2, 0) is 33.8 Å². The van der Waals surface area contributed by atoms with Crippen LogP contribution in [0.1, 0.15) is 148 Å². The Kier molecular flexibility index (Phi) is 22.2. The highest BCUT2D eigenvalue weighted by molar-refractivity contribution is 9.10. The lowest BCUT2D eigenvalue weighted by atomic mass is 9.75. The molecule has 0 bridgehead atoms. The van der Waals surface area contributed by atoms with Gasteiger partial charge < -0.3 is 10.0 Å². The molecule has 0 radical (unpaired) electrons. The topological polar surface area (TPSA) is 193 Å². The Morgan fingerprint density at radius 1 is 0.406 bits per heavy atom. The lowest BCUT2D eigenvalue weighted by Gasteiger charge is -2.36. The van der Waals surface area contributed by atoms with E-state index in [1.807, 2.05) is 112 Å². The number of unbranched alkanes of at least 4 members (excludes halogenated alkanes) is 2. The number of amidine groups is 2. The predicted octanol–water partition coefficient (Wildman–Crippen LogP) is 16.6. The number of carbonyl (C=O) groups excluding carboxylic acids is 2. The van der Waals surface area contributed by atoms with Gasteiger partial charge in [-0.2, -0.15) is 0 Å². The van der Waals surface area contributed by atoms with Crippen LogP contribution < -0.4 is 5.46 Å². The van der Waals surface area contributed by atoms with Crippen molar-refractivity contribution in [2.75, 3.05) is 0 Å². The van der Waals surface area contributed by atoms with Crippen LogP contribution in [0.2, 0.25) is 0 Å². The van der Waals surface area contributed by atoms with Gasteiger partial charge in [0.25, 0.3) is 11.8 Å². The Bertz CT molecular complexity index is 4780. The zero-order chi connectivity index (χ0) is 72.9. The fourth-order valence-corrected chi connectivity index (χ4v) is 16.2. The van der Waals surface area contributed by atoms with Crippen molar-refractivity contribution >= 4 is 52.0 Å². The number of benzene rings is 10. The molecule has 0 unspecified atom stereocenters. The molecule has 106 heavy (non-hydrogen) atoms. The number of carbonyl (C=O) groups is 2. The fourth-order valence-electron chi connectivity index (χ4n) is 16.0. The Morgan fingerprint density at radius 3 is 1.08 bits per heavy atom. The van der Waals surface area contributed by atoms with E-state index in [4.69, 9.17) is 20.3 Å². The molecule has 16 rings (SSSR count). The standard InChI is InChI=1S/C44H42N6O.C26H21BN4O2.C18H23BrN2O/c1-2-3-25-40-45-43(30-15-16-31-43)42(51)49(40)32-33-26-28-34(29-27-33)38-23-13-14-24-39(38)41-46-47-48-50(41)44(35-17-7-4-8-18-35,36-19-9-5-10-20-36)37-21-11-6-12-22-37;32-27(33)24-19-11-10-18-23(24)25-28-29-30-31(25)26(20-12-4-1-5-13-20,21-14-6-2-7-15-21)22-16-8-3-9-17-22;1-2-3-6-16-20-18(11-4-5-12-18)17(22)21(16)13-14-7-9-15(19)10-8-14/h4-14,17-24,26-29H,2-3,15-16,25,30-32H2,1H3;1-19,32-33H;7-10H,2-6,11-13H2,1H3. The van der Waals surface area contributed by atoms with Gasteiger partial charge in [0.15, 0.2) is 11.6 Å². The first-order valence-electron chi connectivity index (χ1n) is 37.1. The van der Waals surface area contributed by atoms with Crippen LogP contribution in [0, 0.1) is 0 Å². The normalized spacial score (nSPS) is 15.1. The maximum Gasteiger partial charge on any atom is 0.489 e. The molecule has 0 atom stereocenters. The van der Waals surface area contributed by atoms with Crippen LogP contribution in [-0.4, -0.2) is 102 Å². The Hall–Kier alpha value is -10.9. The van der Waals surface area contributed by atoms with E-state index >= 15 is 0 Å². The summed E-state index contributed by atoms with van der Waals surface area (Å²) in [4.78, 5) is 40.7. The number of hydrogen-bond acceptors (Lipinski definition) is 12. The first-order chi connectivity index (χ1) is 52.0. The number of aliphatic imine (C=N–C) groups is 2. The maximum absolute atomic E-state index is 13.8. The molecular weight excluding hydrogens is 1380 g/mol. The summed E-state index contributed by atoms with van der Waals surface area (Å²) >= 11 is 3.46. The van der Waals surface area contributed by atoms with Gasteiger partial charge in [0.2, 0.25) is 0 Å². The lowest BCUT2D eigenvalue weighted by molar-refractivity contribution is -0.132. The minimum atomic E-state index is -1.66. The maximum atomic E-state index is 13.8. The summed E-state index contributed by atoms with van der Waals surface area (Å²) in [6.45, 7) is 5.56. The Labute approximate surface area is 628 Å². The van der Waals surface area contributed by atoms with Gasteiger partial charge >= 0.3 is 7.12 Å². The molecule has 18 heteroatoms. The molecule has 10 aromatic carbocycles. The third kappa shape index (κ3) is 14.3. The van der Waals surface area contributed by atoms with Crippen molar-refractivity contribution < 1.29 is 19.6 Å². The van der Waals surface area contributed by atoms with E-state index in [0.29, 0.717) is 35.8 Å². The fraction of sp³-hybridized carbons (Fsp3) is 0.250. The predicted molar refractivity (Wildman–Crippen MR) is 423 cm³/mol. The molecule has 532 valence electrons. The van der Waals surface area contributed by atoms with E-state index in [0.717, 1.165) is 167 Å². The van der Waals surface area contributed by atoms with Gasteiger partial charge in [0.1, 0.15) is 33.8 Å². The second kappa shape index (κ2) is 32.6. The number of nitrogens with zero attached hydrogens (tertiary/aromatic N) is 12. The number of aromatic nitrogens is 8. The minimum absolute atomic E-state index is 0.186. The third-order valence-electron chi connectivity index (χ3n) is 21.2. The molecule has 2 aromatic heterocycles. The number of hydrogen-bond donors (Lipinski definition) is 2. The number of halogens is 1. The molecule has 2 saturated carbocycles. The largest absolute Gasteiger partial charge is 0.489 e. The van der Waals surface area contributed by atoms with Gasteiger partial charge in [-0.15, -0.1) is 10.2 Å². The van der Waals surface area contributed by atoms with Crippen LogP contribution in [0.15, 0.2) is 294 Å². The van der Waals surface area contributed by atoms with Crippen LogP contribution >= 0.6 is 15.9 Å². The Morgan fingerprint density at radius 2 is 0.726 bits per heavy atom. The van der Waals surface area contributed by atoms with Gasteiger partial charge in [-0.3, -0.25) is 29.4 Å². The number of amides is 2. The molecule has 2 aliphatic heterocycles. The first-order valence-corrected chi connectivity index (χ1v) is 37.9. The average Bonchev–Trinajstić information content (AvgIpc) is 1.71. The summed E-state index contributed by atoms with van der Waals surface area (Å²) in [5.41, 5.74) is 9.49. The number of rotatable bonds is 22. The van der Waals surface area contributed by atoms with Crippen molar-refractivity contribution in [1.82, 2.24) is 50.2 Å². The molecule has 4 heterocycles. The van der Waals surface area contributed by atoms with E-state index in [1.165, 1.54) is 0 Å². The van der Waals surface area contributed by atoms with E-state index in [9.17, 15) is 19.6 Å². The second-order valence-electron chi connectivity index (χ2n) is 27.8. The van der Waals surface area contributed by atoms with Crippen molar-refractivity contribution in [2.45, 2.75) is 139 Å². The monoisotopic (exact) mass is 1460 g/mol. The molecule has 2 fully saturated rings. The number of tetrazole rings is 2. The van der Waals surface area contributed by atoms with Crippen LogP contribution in [0.3, 0.4) is 0 Å². The summed E-state index contributed by atoms with van der Waals surface area (Å²) in [6.07, 6.45) is 14.1. The van der Waals surface area contributed by atoms with Gasteiger partial charge in [0, 0.05) is 28.4 Å². The molecule has 2 N–H and O–H groups in total. The highest BCUT2D eigenvalue weighted by Gasteiger charge is 2.51. The molecule has 2 spiro atoms. The van der Waals surface area contributed by atoms with Crippen LogP contribution in [0.5, 0.6) is 0 Å². The van der Waals surface area contributed by atoms with Crippen molar-refractivity contribution in [3.05, 3.63) is 328 Å². The van der Waals surface area contributed by atoms with Crippen molar-refractivity contribution in [3.63, 3.8) is 0 Å². The smallest absolute Gasteiger partial charge is 0.423 e. The molecule has 2 aliphatic carbocycles. The lowest BCUT2D eigenvalue weighted by Crippen LogP contribution is -2.40. The molecule has 12 aromatic rings. The van der Waals surface area contributed by atoms with E-state index in [1.54, 1.807) is 22.9 Å². The molecular formula is C88H86BBrN12O4. The quantitative estimate of drug-likeness (QED) is 0.0487. The van der Waals surface area contributed by atoms with Crippen molar-refractivity contribution in [3.8, 4) is 33.9 Å². The van der Waals surface area contributed by atoms with Crippen molar-refractivity contribution in [1.29, 1.82) is 0 Å². The summed E-state index contributed by atoms with van der Waals surface area (Å²) in [7, 11) is -1.66. The zero-order valence-electron chi connectivity index (χ0n) is 59.9. The second-order valence-corrected chi connectivity index (χ2v) is 28.7. The van der Waals surface area contributed by atoms with Crippen molar-refractivity contribution in [2.24, 2.45) is 9.98 Å². The first kappa shape index (κ1) is 72.0. The van der Waals surface area contributed by atoms with Gasteiger partial charge in [-0.1, -0.05) is 335 Å². The van der Waals surface area contributed by atoms with E-state index < -0.39 is 29.3 Å². The molecule has 0 saturated heterocycles. The van der Waals surface area contributed by atoms with Crippen LogP contribution in [0.4, 0.5) is 0 Å².